The maximum atomic E-state index is 11.2. The molecule has 1 aromatic rings. The SMILES string of the molecule is COC(=O)c1ccc(C(=O)O[N+](=O)[O-])c(C)c1. The van der Waals surface area contributed by atoms with Crippen LogP contribution in [0.2, 0.25) is 0 Å². The van der Waals surface area contributed by atoms with Crippen molar-refractivity contribution >= 4 is 11.9 Å². The van der Waals surface area contributed by atoms with Crippen LogP contribution in [0.4, 0.5) is 0 Å². The number of rotatable bonds is 3. The molecule has 0 atom stereocenters. The second-order valence-corrected chi connectivity index (χ2v) is 3.12. The number of nitrogens with zero attached hydrogens (tertiary/aromatic N) is 1. The van der Waals surface area contributed by atoms with Gasteiger partial charge in [0.1, 0.15) is 0 Å². The molecule has 0 heterocycles. The number of benzene rings is 1. The van der Waals surface area contributed by atoms with Gasteiger partial charge in [-0.25, -0.2) is 9.63 Å². The van der Waals surface area contributed by atoms with E-state index >= 15 is 0 Å². The minimum Gasteiger partial charge on any atom is -0.465 e. The van der Waals surface area contributed by atoms with Gasteiger partial charge in [-0.1, -0.05) is 0 Å². The third-order valence-corrected chi connectivity index (χ3v) is 2.02. The van der Waals surface area contributed by atoms with E-state index in [2.05, 4.69) is 9.57 Å². The molecule has 0 aliphatic carbocycles. The van der Waals surface area contributed by atoms with E-state index in [1.807, 2.05) is 0 Å². The molecule has 1 rings (SSSR count). The highest BCUT2D eigenvalue weighted by Gasteiger charge is 2.15. The van der Waals surface area contributed by atoms with E-state index in [9.17, 15) is 19.7 Å². The van der Waals surface area contributed by atoms with Crippen LogP contribution in [-0.2, 0) is 9.57 Å². The van der Waals surface area contributed by atoms with Crippen molar-refractivity contribution in [2.45, 2.75) is 6.92 Å². The first-order valence-corrected chi connectivity index (χ1v) is 4.51. The van der Waals surface area contributed by atoms with Gasteiger partial charge in [-0.05, 0) is 30.7 Å². The van der Waals surface area contributed by atoms with Crippen molar-refractivity contribution < 1.29 is 24.3 Å². The molecule has 0 radical (unpaired) electrons. The summed E-state index contributed by atoms with van der Waals surface area (Å²) in [5.74, 6) is -1.63. The van der Waals surface area contributed by atoms with Crippen LogP contribution in [0.15, 0.2) is 18.2 Å². The molecule has 7 nitrogen and oxygen atoms in total. The van der Waals surface area contributed by atoms with Gasteiger partial charge in [-0.2, -0.15) is 0 Å². The fourth-order valence-corrected chi connectivity index (χ4v) is 1.25. The van der Waals surface area contributed by atoms with Gasteiger partial charge >= 0.3 is 17.0 Å². The summed E-state index contributed by atoms with van der Waals surface area (Å²) >= 11 is 0. The fourth-order valence-electron chi connectivity index (χ4n) is 1.25. The topological polar surface area (TPSA) is 95.7 Å². The highest BCUT2D eigenvalue weighted by Crippen LogP contribution is 2.13. The van der Waals surface area contributed by atoms with Crippen molar-refractivity contribution in [1.29, 1.82) is 0 Å². The second-order valence-electron chi connectivity index (χ2n) is 3.12. The third-order valence-electron chi connectivity index (χ3n) is 2.02. The lowest BCUT2D eigenvalue weighted by atomic mass is 10.1. The van der Waals surface area contributed by atoms with Crippen molar-refractivity contribution in [3.63, 3.8) is 0 Å². The standard InChI is InChI=1S/C10H9NO6/c1-6-5-7(9(12)16-2)3-4-8(6)10(13)17-11(14)15/h3-5H,1-2H3. The Morgan fingerprint density at radius 3 is 2.41 bits per heavy atom. The number of carbonyl (C=O) groups excluding carboxylic acids is 2. The summed E-state index contributed by atoms with van der Waals surface area (Å²) in [6.07, 6.45) is 0. The average molecular weight is 239 g/mol. The summed E-state index contributed by atoms with van der Waals surface area (Å²) in [6.45, 7) is 1.53. The van der Waals surface area contributed by atoms with Gasteiger partial charge in [0.25, 0.3) is 0 Å². The van der Waals surface area contributed by atoms with Crippen LogP contribution >= 0.6 is 0 Å². The van der Waals surface area contributed by atoms with E-state index in [0.29, 0.717) is 5.56 Å². The number of hydrogen-bond donors (Lipinski definition) is 0. The van der Waals surface area contributed by atoms with Crippen LogP contribution in [0.25, 0.3) is 0 Å². The van der Waals surface area contributed by atoms with Crippen LogP contribution in [-0.4, -0.2) is 24.1 Å². The predicted molar refractivity (Wildman–Crippen MR) is 54.9 cm³/mol. The zero-order valence-corrected chi connectivity index (χ0v) is 9.13. The number of hydrogen-bond acceptors (Lipinski definition) is 6. The Bertz CT molecular complexity index is 482. The van der Waals surface area contributed by atoms with E-state index in [4.69, 9.17) is 0 Å². The highest BCUT2D eigenvalue weighted by molar-refractivity contribution is 5.94. The molecule has 0 bridgehead atoms. The second kappa shape index (κ2) is 5.06. The van der Waals surface area contributed by atoms with E-state index in [1.54, 1.807) is 0 Å². The lowest BCUT2D eigenvalue weighted by Gasteiger charge is -2.05. The van der Waals surface area contributed by atoms with Gasteiger partial charge < -0.3 is 4.74 Å². The zero-order chi connectivity index (χ0) is 13.0. The molecule has 17 heavy (non-hydrogen) atoms. The maximum absolute atomic E-state index is 11.2. The molecular weight excluding hydrogens is 230 g/mol. The Morgan fingerprint density at radius 2 is 1.94 bits per heavy atom. The van der Waals surface area contributed by atoms with Crippen molar-refractivity contribution in [3.05, 3.63) is 45.0 Å². The molecule has 0 spiro atoms. The van der Waals surface area contributed by atoms with E-state index in [-0.39, 0.29) is 11.1 Å². The van der Waals surface area contributed by atoms with Crippen LogP contribution in [0, 0.1) is 17.0 Å². The fraction of sp³-hybridized carbons (Fsp3) is 0.200. The third kappa shape index (κ3) is 3.00. The molecule has 0 N–H and O–H groups in total. The number of carbonyl (C=O) groups is 2. The highest BCUT2D eigenvalue weighted by atomic mass is 17.0. The lowest BCUT2D eigenvalue weighted by Crippen LogP contribution is -2.12. The summed E-state index contributed by atoms with van der Waals surface area (Å²) in [6, 6.07) is 3.99. The molecule has 0 aliphatic heterocycles. The smallest absolute Gasteiger partial charge is 0.337 e. The molecule has 0 saturated carbocycles. The van der Waals surface area contributed by atoms with Crippen LogP contribution < -0.4 is 0 Å². The summed E-state index contributed by atoms with van der Waals surface area (Å²) in [5.41, 5.74) is 0.664. The minimum absolute atomic E-state index is 0.0225. The van der Waals surface area contributed by atoms with Crippen molar-refractivity contribution in [3.8, 4) is 0 Å². The van der Waals surface area contributed by atoms with E-state index in [0.717, 1.165) is 0 Å². The molecular formula is C10H9NO6. The molecule has 0 aromatic heterocycles. The maximum Gasteiger partial charge on any atom is 0.337 e. The van der Waals surface area contributed by atoms with Gasteiger partial charge in [0, 0.05) is 5.56 Å². The molecule has 0 fully saturated rings. The van der Waals surface area contributed by atoms with Gasteiger partial charge in [-0.15, -0.1) is 10.1 Å². The first-order chi connectivity index (χ1) is 7.95. The van der Waals surface area contributed by atoms with Gasteiger partial charge in [0.2, 0.25) is 0 Å². The number of methoxy groups -OCH3 is 1. The van der Waals surface area contributed by atoms with Crippen molar-refractivity contribution in [1.82, 2.24) is 0 Å². The summed E-state index contributed by atoms with van der Waals surface area (Å²) in [5, 5.41) is 8.82. The van der Waals surface area contributed by atoms with Crippen LogP contribution in [0.3, 0.4) is 0 Å². The Kier molecular flexibility index (Phi) is 3.76. The monoisotopic (exact) mass is 239 g/mol. The summed E-state index contributed by atoms with van der Waals surface area (Å²) in [7, 11) is 1.23. The molecule has 1 aromatic carbocycles. The van der Waals surface area contributed by atoms with Crippen molar-refractivity contribution in [2.75, 3.05) is 7.11 Å². The zero-order valence-electron chi connectivity index (χ0n) is 9.13. The van der Waals surface area contributed by atoms with Gasteiger partial charge in [0.05, 0.1) is 12.7 Å². The summed E-state index contributed by atoms with van der Waals surface area (Å²) < 4.78 is 4.49. The quantitative estimate of drug-likeness (QED) is 0.445. The molecule has 7 heteroatoms. The van der Waals surface area contributed by atoms with Crippen LogP contribution in [0.5, 0.6) is 0 Å². The Labute approximate surface area is 96.0 Å². The summed E-state index contributed by atoms with van der Waals surface area (Å²) in [4.78, 5) is 36.2. The number of esters is 1. The van der Waals surface area contributed by atoms with E-state index in [1.165, 1.54) is 32.2 Å². The van der Waals surface area contributed by atoms with Gasteiger partial charge in [0.15, 0.2) is 0 Å². The largest absolute Gasteiger partial charge is 0.465 e. The molecule has 0 aliphatic rings. The Balaban J connectivity index is 3.01. The molecule has 90 valence electrons. The van der Waals surface area contributed by atoms with E-state index < -0.39 is 17.0 Å². The molecule has 0 unspecified atom stereocenters. The van der Waals surface area contributed by atoms with Gasteiger partial charge in [-0.3, -0.25) is 4.79 Å². The lowest BCUT2D eigenvalue weighted by molar-refractivity contribution is -0.727. The Hall–Kier alpha value is -2.44. The predicted octanol–water partition coefficient (Wildman–Crippen LogP) is 1.13. The normalized spacial score (nSPS) is 9.53. The van der Waals surface area contributed by atoms with Crippen LogP contribution in [0.1, 0.15) is 26.3 Å². The van der Waals surface area contributed by atoms with Crippen molar-refractivity contribution in [2.24, 2.45) is 0 Å². The minimum atomic E-state index is -1.18. The average Bonchev–Trinajstić information content (AvgIpc) is 2.26. The number of aryl methyl sites for hydroxylation is 1. The number of ether oxygens (including phenoxy) is 1. The first kappa shape index (κ1) is 12.6. The first-order valence-electron chi connectivity index (χ1n) is 4.51. The molecule has 0 amide bonds. The molecule has 0 saturated heterocycles. The Morgan fingerprint density at radius 1 is 1.29 bits per heavy atom.